The van der Waals surface area contributed by atoms with Gasteiger partial charge in [-0.1, -0.05) is 16.7 Å². The van der Waals surface area contributed by atoms with Crippen LogP contribution in [0.15, 0.2) is 35.1 Å². The van der Waals surface area contributed by atoms with Crippen molar-refractivity contribution in [2.75, 3.05) is 11.4 Å². The molecule has 28 heavy (non-hydrogen) atoms. The van der Waals surface area contributed by atoms with Crippen molar-refractivity contribution in [3.8, 4) is 0 Å². The molecular weight excluding hydrogens is 392 g/mol. The third-order valence-electron chi connectivity index (χ3n) is 4.71. The quantitative estimate of drug-likeness (QED) is 0.562. The van der Waals surface area contributed by atoms with Gasteiger partial charge in [-0.3, -0.25) is 0 Å². The Morgan fingerprint density at radius 1 is 1.36 bits per heavy atom. The molecule has 1 aliphatic heterocycles. The van der Waals surface area contributed by atoms with E-state index in [1.54, 1.807) is 34.1 Å². The highest BCUT2D eigenvalue weighted by atomic mass is 35.5. The number of fused-ring (bicyclic) bond motifs is 2. The molecule has 4 aromatic heterocycles. The summed E-state index contributed by atoms with van der Waals surface area (Å²) in [7, 11) is 0. The lowest BCUT2D eigenvalue weighted by molar-refractivity contribution is -0.0107. The SMILES string of the molecule is CC(F)(F)c1nnc(N2CCc3[nH]cnc3[C@@H]2c2cc3c(Cl)cccn3n2)o1. The van der Waals surface area contributed by atoms with E-state index in [2.05, 4.69) is 25.3 Å². The van der Waals surface area contributed by atoms with Crippen molar-refractivity contribution < 1.29 is 13.2 Å². The molecule has 1 aliphatic rings. The van der Waals surface area contributed by atoms with E-state index in [-0.39, 0.29) is 6.01 Å². The molecule has 0 spiro atoms. The fraction of sp³-hybridized carbons (Fsp3) is 0.294. The van der Waals surface area contributed by atoms with Gasteiger partial charge in [-0.05, 0) is 18.2 Å². The van der Waals surface area contributed by atoms with E-state index >= 15 is 0 Å². The van der Waals surface area contributed by atoms with E-state index < -0.39 is 17.9 Å². The van der Waals surface area contributed by atoms with Gasteiger partial charge in [-0.15, -0.1) is 5.10 Å². The monoisotopic (exact) mass is 405 g/mol. The average molecular weight is 406 g/mol. The van der Waals surface area contributed by atoms with E-state index in [9.17, 15) is 8.78 Å². The zero-order valence-corrected chi connectivity index (χ0v) is 15.4. The van der Waals surface area contributed by atoms with Crippen LogP contribution in [0.3, 0.4) is 0 Å². The van der Waals surface area contributed by atoms with Crippen LogP contribution >= 0.6 is 11.6 Å². The number of aromatic amines is 1. The van der Waals surface area contributed by atoms with Gasteiger partial charge < -0.3 is 14.3 Å². The third kappa shape index (κ3) is 2.63. The molecule has 0 amide bonds. The van der Waals surface area contributed by atoms with Gasteiger partial charge in [-0.2, -0.15) is 13.9 Å². The molecule has 0 bridgehead atoms. The third-order valence-corrected chi connectivity index (χ3v) is 5.03. The Hall–Kier alpha value is -3.01. The van der Waals surface area contributed by atoms with Crippen LogP contribution < -0.4 is 4.90 Å². The number of H-pyrrole nitrogens is 1. The lowest BCUT2D eigenvalue weighted by Gasteiger charge is -2.32. The summed E-state index contributed by atoms with van der Waals surface area (Å²) in [5.74, 6) is -3.95. The molecule has 0 saturated heterocycles. The summed E-state index contributed by atoms with van der Waals surface area (Å²) in [6, 6.07) is 4.92. The van der Waals surface area contributed by atoms with Crippen LogP contribution in [0.5, 0.6) is 0 Å². The maximum Gasteiger partial charge on any atom is 0.321 e. The molecule has 0 aliphatic carbocycles. The number of nitrogens with one attached hydrogen (secondary N) is 1. The summed E-state index contributed by atoms with van der Waals surface area (Å²) >= 11 is 6.27. The maximum absolute atomic E-state index is 13.6. The van der Waals surface area contributed by atoms with E-state index in [4.69, 9.17) is 16.0 Å². The van der Waals surface area contributed by atoms with Crippen molar-refractivity contribution in [2.24, 2.45) is 0 Å². The van der Waals surface area contributed by atoms with E-state index in [1.165, 1.54) is 0 Å². The Kier molecular flexibility index (Phi) is 3.66. The smallest absolute Gasteiger partial charge is 0.321 e. The average Bonchev–Trinajstić information content (AvgIpc) is 3.38. The molecule has 11 heteroatoms. The summed E-state index contributed by atoms with van der Waals surface area (Å²) in [5, 5.41) is 12.5. The van der Waals surface area contributed by atoms with E-state index in [1.807, 2.05) is 6.07 Å². The fourth-order valence-corrected chi connectivity index (χ4v) is 3.64. The topological polar surface area (TPSA) is 88.1 Å². The zero-order chi connectivity index (χ0) is 19.5. The Bertz CT molecular complexity index is 1160. The highest BCUT2D eigenvalue weighted by molar-refractivity contribution is 6.33. The van der Waals surface area contributed by atoms with Crippen molar-refractivity contribution in [1.29, 1.82) is 0 Å². The minimum absolute atomic E-state index is 0.00155. The standard InChI is InChI=1S/C17H14ClF2N7O/c1-17(19,20)15-23-24-16(28-15)26-6-4-10-13(22-8-21-10)14(26)11-7-12-9(18)3-2-5-27(12)25-11/h2-3,5,7-8,14H,4,6H2,1H3,(H,21,22)/t14-/m0/s1. The summed E-state index contributed by atoms with van der Waals surface area (Å²) in [6.45, 7) is 1.19. The number of hydrogen-bond donors (Lipinski definition) is 1. The van der Waals surface area contributed by atoms with Crippen LogP contribution in [0.1, 0.15) is 35.9 Å². The number of alkyl halides is 2. The number of halogens is 3. The minimum atomic E-state index is -3.22. The first kappa shape index (κ1) is 17.1. The van der Waals surface area contributed by atoms with Crippen LogP contribution in [-0.2, 0) is 12.3 Å². The predicted molar refractivity (Wildman–Crippen MR) is 95.5 cm³/mol. The van der Waals surface area contributed by atoms with Crippen molar-refractivity contribution in [3.63, 3.8) is 0 Å². The van der Waals surface area contributed by atoms with Crippen molar-refractivity contribution in [3.05, 3.63) is 58.7 Å². The molecule has 1 N–H and O–H groups in total. The van der Waals surface area contributed by atoms with Crippen LogP contribution in [-0.4, -0.2) is 36.3 Å². The van der Waals surface area contributed by atoms with Crippen molar-refractivity contribution in [2.45, 2.75) is 25.3 Å². The molecule has 1 atom stereocenters. The number of imidazole rings is 1. The number of hydrogen-bond acceptors (Lipinski definition) is 6. The molecule has 4 aromatic rings. The molecule has 0 unspecified atom stereocenters. The fourth-order valence-electron chi connectivity index (χ4n) is 3.42. The lowest BCUT2D eigenvalue weighted by atomic mass is 10.0. The maximum atomic E-state index is 13.6. The summed E-state index contributed by atoms with van der Waals surface area (Å²) in [4.78, 5) is 9.28. The first-order valence-corrected chi connectivity index (χ1v) is 8.94. The van der Waals surface area contributed by atoms with E-state index in [0.717, 1.165) is 16.9 Å². The number of anilines is 1. The molecular formula is C17H14ClF2N7O. The second kappa shape index (κ2) is 5.99. The normalized spacial score (nSPS) is 17.3. The highest BCUT2D eigenvalue weighted by Gasteiger charge is 2.38. The second-order valence-electron chi connectivity index (χ2n) is 6.65. The van der Waals surface area contributed by atoms with Crippen molar-refractivity contribution in [1.82, 2.24) is 29.8 Å². The van der Waals surface area contributed by atoms with Gasteiger partial charge in [0.15, 0.2) is 0 Å². The van der Waals surface area contributed by atoms with Crippen LogP contribution in [0.2, 0.25) is 5.02 Å². The molecule has 0 saturated carbocycles. The number of rotatable bonds is 3. The first-order valence-electron chi connectivity index (χ1n) is 8.56. The van der Waals surface area contributed by atoms with Crippen molar-refractivity contribution >= 4 is 23.1 Å². The lowest BCUT2D eigenvalue weighted by Crippen LogP contribution is -2.37. The molecule has 144 valence electrons. The van der Waals surface area contributed by atoms with Gasteiger partial charge in [-0.25, -0.2) is 9.50 Å². The molecule has 8 nitrogen and oxygen atoms in total. The van der Waals surface area contributed by atoms with Gasteiger partial charge in [0.1, 0.15) is 6.04 Å². The van der Waals surface area contributed by atoms with Gasteiger partial charge in [0.25, 0.3) is 5.89 Å². The molecule has 0 radical (unpaired) electrons. The summed E-state index contributed by atoms with van der Waals surface area (Å²) < 4.78 is 34.1. The van der Waals surface area contributed by atoms with Crippen LogP contribution in [0.25, 0.3) is 5.52 Å². The van der Waals surface area contributed by atoms with E-state index in [0.29, 0.717) is 30.6 Å². The van der Waals surface area contributed by atoms with Crippen LogP contribution in [0, 0.1) is 0 Å². The van der Waals surface area contributed by atoms with Gasteiger partial charge >= 0.3 is 11.9 Å². The molecule has 0 aromatic carbocycles. The Balaban J connectivity index is 1.64. The minimum Gasteiger partial charge on any atom is -0.401 e. The molecule has 5 rings (SSSR count). The zero-order valence-electron chi connectivity index (χ0n) is 14.6. The largest absolute Gasteiger partial charge is 0.401 e. The summed E-state index contributed by atoms with van der Waals surface area (Å²) in [5.41, 5.74) is 3.05. The highest BCUT2D eigenvalue weighted by Crippen LogP contribution is 2.38. The van der Waals surface area contributed by atoms with Gasteiger partial charge in [0.2, 0.25) is 0 Å². The number of pyridine rings is 1. The van der Waals surface area contributed by atoms with Gasteiger partial charge in [0.05, 0.1) is 28.3 Å². The molecule has 0 fully saturated rings. The Morgan fingerprint density at radius 3 is 2.96 bits per heavy atom. The molecule has 5 heterocycles. The van der Waals surface area contributed by atoms with Gasteiger partial charge in [0, 0.05) is 31.8 Å². The Labute approximate surface area is 162 Å². The Morgan fingerprint density at radius 2 is 2.21 bits per heavy atom. The second-order valence-corrected chi connectivity index (χ2v) is 7.05. The number of nitrogens with zero attached hydrogens (tertiary/aromatic N) is 6. The van der Waals surface area contributed by atoms with Crippen LogP contribution in [0.4, 0.5) is 14.8 Å². The predicted octanol–water partition coefficient (Wildman–Crippen LogP) is 3.36. The number of aromatic nitrogens is 6. The summed E-state index contributed by atoms with van der Waals surface area (Å²) in [6.07, 6.45) is 4.01. The first-order chi connectivity index (χ1) is 13.4.